The molecule has 2 aromatic carbocycles. The summed E-state index contributed by atoms with van der Waals surface area (Å²) >= 11 is 1.55. The quantitative estimate of drug-likeness (QED) is 0.405. The molecule has 0 radical (unpaired) electrons. The Bertz CT molecular complexity index is 856. The molecule has 0 fully saturated rings. The minimum Gasteiger partial charge on any atom is -0.497 e. The minimum absolute atomic E-state index is 0.0400. The molecule has 0 aliphatic heterocycles. The fourth-order valence-electron chi connectivity index (χ4n) is 3.41. The molecule has 0 aliphatic rings. The molecule has 1 N–H and O–H groups in total. The summed E-state index contributed by atoms with van der Waals surface area (Å²) in [6, 6.07) is 15.0. The Labute approximate surface area is 202 Å². The number of nitrogens with zero attached hydrogens (tertiary/aromatic N) is 1. The largest absolute Gasteiger partial charge is 0.497 e. The van der Waals surface area contributed by atoms with Gasteiger partial charge in [-0.3, -0.25) is 9.59 Å². The van der Waals surface area contributed by atoms with Crippen molar-refractivity contribution in [3.05, 3.63) is 59.7 Å². The number of hydrogen-bond acceptors (Lipinski definition) is 5. The summed E-state index contributed by atoms with van der Waals surface area (Å²) in [5, 5.41) is 3.00. The van der Waals surface area contributed by atoms with E-state index < -0.39 is 6.04 Å². The van der Waals surface area contributed by atoms with Crippen LogP contribution < -0.4 is 14.8 Å². The number of carbonyl (C=O) groups is 2. The maximum Gasteiger partial charge on any atom is 0.242 e. The zero-order chi connectivity index (χ0) is 24.1. The monoisotopic (exact) mass is 472 g/mol. The van der Waals surface area contributed by atoms with E-state index in [1.807, 2.05) is 55.5 Å². The van der Waals surface area contributed by atoms with Gasteiger partial charge in [0, 0.05) is 18.8 Å². The number of ether oxygens (including phenoxy) is 2. The van der Waals surface area contributed by atoms with E-state index in [2.05, 4.69) is 12.2 Å². The molecule has 0 bridgehead atoms. The van der Waals surface area contributed by atoms with Crippen LogP contribution in [0.25, 0.3) is 0 Å². The van der Waals surface area contributed by atoms with Crippen LogP contribution in [0.2, 0.25) is 0 Å². The van der Waals surface area contributed by atoms with Gasteiger partial charge in [-0.25, -0.2) is 0 Å². The molecular formula is C26H36N2O4S. The van der Waals surface area contributed by atoms with Crippen molar-refractivity contribution in [2.75, 3.05) is 26.5 Å². The van der Waals surface area contributed by atoms with E-state index in [1.165, 1.54) is 0 Å². The normalized spacial score (nSPS) is 11.5. The smallest absolute Gasteiger partial charge is 0.242 e. The lowest BCUT2D eigenvalue weighted by atomic mass is 10.1. The van der Waals surface area contributed by atoms with Crippen LogP contribution in [0.15, 0.2) is 48.5 Å². The van der Waals surface area contributed by atoms with Crippen LogP contribution in [0.5, 0.6) is 11.5 Å². The fourth-order valence-corrected chi connectivity index (χ4v) is 4.28. The van der Waals surface area contributed by atoms with E-state index in [0.29, 0.717) is 31.0 Å². The first-order valence-electron chi connectivity index (χ1n) is 11.4. The van der Waals surface area contributed by atoms with Gasteiger partial charge < -0.3 is 19.7 Å². The van der Waals surface area contributed by atoms with Gasteiger partial charge in [0.2, 0.25) is 11.8 Å². The van der Waals surface area contributed by atoms with Crippen molar-refractivity contribution < 1.29 is 19.1 Å². The molecule has 6 nitrogen and oxygen atoms in total. The predicted molar refractivity (Wildman–Crippen MR) is 135 cm³/mol. The van der Waals surface area contributed by atoms with Gasteiger partial charge in [0.05, 0.1) is 20.0 Å². The number of benzene rings is 2. The molecular weight excluding hydrogens is 436 g/mol. The van der Waals surface area contributed by atoms with Crippen molar-refractivity contribution >= 4 is 23.6 Å². The molecule has 1 atom stereocenters. The van der Waals surface area contributed by atoms with Crippen molar-refractivity contribution in [2.24, 2.45) is 0 Å². The lowest BCUT2D eigenvalue weighted by molar-refractivity contribution is -0.139. The second kappa shape index (κ2) is 14.5. The average molecular weight is 473 g/mol. The van der Waals surface area contributed by atoms with Crippen molar-refractivity contribution in [1.29, 1.82) is 0 Å². The zero-order valence-electron chi connectivity index (χ0n) is 20.1. The SMILES string of the molecule is CCCCNC(=O)[C@@H](CC)N(Cc1ccc(OC)cc1)C(=O)CSCc1ccc(OC)cc1. The highest BCUT2D eigenvalue weighted by molar-refractivity contribution is 7.99. The average Bonchev–Trinajstić information content (AvgIpc) is 2.84. The first kappa shape index (κ1) is 26.6. The second-order valence-electron chi connectivity index (χ2n) is 7.78. The molecule has 0 saturated heterocycles. The molecule has 0 saturated carbocycles. The van der Waals surface area contributed by atoms with E-state index in [9.17, 15) is 9.59 Å². The van der Waals surface area contributed by atoms with Crippen LogP contribution in [-0.2, 0) is 21.9 Å². The number of methoxy groups -OCH3 is 2. The molecule has 7 heteroatoms. The second-order valence-corrected chi connectivity index (χ2v) is 8.76. The van der Waals surface area contributed by atoms with Gasteiger partial charge in [-0.15, -0.1) is 11.8 Å². The Hall–Kier alpha value is -2.67. The summed E-state index contributed by atoms with van der Waals surface area (Å²) in [4.78, 5) is 27.9. The van der Waals surface area contributed by atoms with E-state index in [-0.39, 0.29) is 11.8 Å². The van der Waals surface area contributed by atoms with Crippen LogP contribution in [0.3, 0.4) is 0 Å². The van der Waals surface area contributed by atoms with E-state index >= 15 is 0 Å². The molecule has 0 unspecified atom stereocenters. The van der Waals surface area contributed by atoms with Crippen LogP contribution in [0.4, 0.5) is 0 Å². The lowest BCUT2D eigenvalue weighted by Gasteiger charge is -2.30. The molecule has 0 spiro atoms. The molecule has 0 aromatic heterocycles. The summed E-state index contributed by atoms with van der Waals surface area (Å²) in [7, 11) is 3.26. The van der Waals surface area contributed by atoms with Gasteiger partial charge in [-0.1, -0.05) is 44.5 Å². The third-order valence-corrected chi connectivity index (χ3v) is 6.37. The van der Waals surface area contributed by atoms with Crippen LogP contribution in [0, 0.1) is 0 Å². The maximum atomic E-state index is 13.3. The van der Waals surface area contributed by atoms with Crippen molar-refractivity contribution in [3.8, 4) is 11.5 Å². The topological polar surface area (TPSA) is 67.9 Å². The molecule has 0 heterocycles. The van der Waals surface area contributed by atoms with Crippen LogP contribution in [-0.4, -0.2) is 49.3 Å². The fraction of sp³-hybridized carbons (Fsp3) is 0.462. The van der Waals surface area contributed by atoms with E-state index in [4.69, 9.17) is 9.47 Å². The molecule has 2 aromatic rings. The first-order chi connectivity index (χ1) is 16.0. The summed E-state index contributed by atoms with van der Waals surface area (Å²) in [5.74, 6) is 2.46. The van der Waals surface area contributed by atoms with Gasteiger partial charge in [0.1, 0.15) is 17.5 Å². The molecule has 33 heavy (non-hydrogen) atoms. The third-order valence-electron chi connectivity index (χ3n) is 5.38. The molecule has 2 amide bonds. The first-order valence-corrected chi connectivity index (χ1v) is 12.6. The van der Waals surface area contributed by atoms with Gasteiger partial charge >= 0.3 is 0 Å². The highest BCUT2D eigenvalue weighted by atomic mass is 32.2. The highest BCUT2D eigenvalue weighted by Crippen LogP contribution is 2.20. The number of amides is 2. The number of hydrogen-bond donors (Lipinski definition) is 1. The third kappa shape index (κ3) is 8.65. The molecule has 0 aliphatic carbocycles. The zero-order valence-corrected chi connectivity index (χ0v) is 21.0. The van der Waals surface area contributed by atoms with E-state index in [0.717, 1.165) is 35.5 Å². The van der Waals surface area contributed by atoms with Crippen LogP contribution >= 0.6 is 11.8 Å². The number of carbonyl (C=O) groups excluding carboxylic acids is 2. The molecule has 2 rings (SSSR count). The van der Waals surface area contributed by atoms with Gasteiger partial charge in [0.15, 0.2) is 0 Å². The summed E-state index contributed by atoms with van der Waals surface area (Å²) in [6.45, 7) is 5.04. The number of rotatable bonds is 14. The van der Waals surface area contributed by atoms with Crippen molar-refractivity contribution in [1.82, 2.24) is 10.2 Å². The minimum atomic E-state index is -0.502. The van der Waals surface area contributed by atoms with E-state index in [1.54, 1.807) is 30.9 Å². The summed E-state index contributed by atoms with van der Waals surface area (Å²) in [6.07, 6.45) is 2.49. The number of unbranched alkanes of at least 4 members (excludes halogenated alkanes) is 1. The Morgan fingerprint density at radius 3 is 2.03 bits per heavy atom. The maximum absolute atomic E-state index is 13.3. The van der Waals surface area contributed by atoms with Gasteiger partial charge in [-0.2, -0.15) is 0 Å². The number of thioether (sulfide) groups is 1. The highest BCUT2D eigenvalue weighted by Gasteiger charge is 2.28. The summed E-state index contributed by atoms with van der Waals surface area (Å²) in [5.41, 5.74) is 2.09. The van der Waals surface area contributed by atoms with Crippen molar-refractivity contribution in [2.45, 2.75) is 51.4 Å². The Kier molecular flexibility index (Phi) is 11.7. The Balaban J connectivity index is 2.08. The van der Waals surface area contributed by atoms with Gasteiger partial charge in [0.25, 0.3) is 0 Å². The Morgan fingerprint density at radius 2 is 1.52 bits per heavy atom. The van der Waals surface area contributed by atoms with Crippen LogP contribution in [0.1, 0.15) is 44.2 Å². The Morgan fingerprint density at radius 1 is 0.939 bits per heavy atom. The summed E-state index contributed by atoms with van der Waals surface area (Å²) < 4.78 is 10.4. The van der Waals surface area contributed by atoms with Gasteiger partial charge in [-0.05, 0) is 48.2 Å². The van der Waals surface area contributed by atoms with Crippen molar-refractivity contribution in [3.63, 3.8) is 0 Å². The lowest BCUT2D eigenvalue weighted by Crippen LogP contribution is -2.49. The molecule has 180 valence electrons. The number of nitrogens with one attached hydrogen (secondary N) is 1. The predicted octanol–water partition coefficient (Wildman–Crippen LogP) is 4.66. The standard InChI is InChI=1S/C26H36N2O4S/c1-5-7-16-27-26(30)24(6-2)28(17-20-8-12-22(31-3)13-9-20)25(29)19-33-18-21-10-14-23(32-4)15-11-21/h8-15,24H,5-7,16-19H2,1-4H3,(H,27,30)/t24-/m1/s1.